The summed E-state index contributed by atoms with van der Waals surface area (Å²) in [5.41, 5.74) is 0.386. The fourth-order valence-electron chi connectivity index (χ4n) is 1.63. The van der Waals surface area contributed by atoms with E-state index in [1.165, 1.54) is 30.5 Å². The number of nitrogens with one attached hydrogen (secondary N) is 2. The molecule has 0 radical (unpaired) electrons. The number of aromatic nitrogens is 1. The van der Waals surface area contributed by atoms with Crippen LogP contribution in [0, 0.1) is 10.1 Å². The van der Waals surface area contributed by atoms with E-state index in [9.17, 15) is 14.9 Å². The highest BCUT2D eigenvalue weighted by Crippen LogP contribution is 2.25. The van der Waals surface area contributed by atoms with Gasteiger partial charge in [0.1, 0.15) is 12.0 Å². The summed E-state index contributed by atoms with van der Waals surface area (Å²) in [7, 11) is 0. The zero-order valence-electron chi connectivity index (χ0n) is 10.6. The second-order valence-corrected chi connectivity index (χ2v) is 3.86. The van der Waals surface area contributed by atoms with E-state index in [4.69, 9.17) is 0 Å². The number of carbonyl (C=O) groups is 1. The highest BCUT2D eigenvalue weighted by atomic mass is 16.6. The number of rotatable bonds is 5. The van der Waals surface area contributed by atoms with Gasteiger partial charge >= 0.3 is 0 Å². The Morgan fingerprint density at radius 2 is 2.25 bits per heavy atom. The first-order valence-corrected chi connectivity index (χ1v) is 5.86. The van der Waals surface area contributed by atoms with E-state index in [1.807, 2.05) is 6.92 Å². The van der Waals surface area contributed by atoms with Gasteiger partial charge in [0.05, 0.1) is 4.92 Å². The second-order valence-electron chi connectivity index (χ2n) is 3.86. The average molecular weight is 276 g/mol. The Morgan fingerprint density at radius 3 is 2.85 bits per heavy atom. The Balaban J connectivity index is 2.26. The van der Waals surface area contributed by atoms with Crippen LogP contribution in [0.25, 0.3) is 0 Å². The molecule has 0 spiro atoms. The third kappa shape index (κ3) is 2.91. The Kier molecular flexibility index (Phi) is 3.94. The number of nitro groups is 1. The summed E-state index contributed by atoms with van der Waals surface area (Å²) >= 11 is 0. The molecule has 0 atom stereocenters. The third-order valence-corrected chi connectivity index (χ3v) is 2.50. The van der Waals surface area contributed by atoms with Gasteiger partial charge in [0.2, 0.25) is 0 Å². The molecule has 0 fully saturated rings. The number of benzene rings is 1. The Bertz CT molecular complexity index is 624. The Hall–Kier alpha value is -2.90. The number of carbonyl (C=O) groups excluding carboxylic acids is 1. The van der Waals surface area contributed by atoms with E-state index in [2.05, 4.69) is 20.3 Å². The third-order valence-electron chi connectivity index (χ3n) is 2.50. The summed E-state index contributed by atoms with van der Waals surface area (Å²) in [6.45, 7) is 2.38. The number of nitro benzene ring substituents is 1. The lowest BCUT2D eigenvalue weighted by atomic mass is 10.1. The van der Waals surface area contributed by atoms with E-state index in [0.29, 0.717) is 12.2 Å². The van der Waals surface area contributed by atoms with Gasteiger partial charge in [-0.05, 0) is 19.1 Å². The summed E-state index contributed by atoms with van der Waals surface area (Å²) in [5.74, 6) is -0.251. The molecule has 20 heavy (non-hydrogen) atoms. The predicted molar refractivity (Wildman–Crippen MR) is 71.7 cm³/mol. The molecule has 0 aliphatic heterocycles. The second kappa shape index (κ2) is 5.83. The summed E-state index contributed by atoms with van der Waals surface area (Å²) in [6.07, 6.45) is 1.31. The van der Waals surface area contributed by atoms with Crippen LogP contribution in [0.4, 0.5) is 17.2 Å². The van der Waals surface area contributed by atoms with Gasteiger partial charge in [-0.25, -0.2) is 0 Å². The first-order chi connectivity index (χ1) is 9.61. The minimum atomic E-state index is -0.537. The van der Waals surface area contributed by atoms with Gasteiger partial charge < -0.3 is 15.2 Å². The molecule has 0 saturated carbocycles. The summed E-state index contributed by atoms with van der Waals surface area (Å²) in [6, 6.07) is 5.69. The van der Waals surface area contributed by atoms with Crippen molar-refractivity contribution >= 4 is 23.1 Å². The lowest BCUT2D eigenvalue weighted by molar-refractivity contribution is -0.384. The molecule has 0 unspecified atom stereocenters. The fourth-order valence-corrected chi connectivity index (χ4v) is 1.63. The standard InChI is InChI=1S/C12H12N4O4/c1-2-13-9-4-3-8(7-10(9)16(18)19)12(17)14-11-5-6-20-15-11/h3-7,13H,2H2,1H3,(H,14,15,17). The average Bonchev–Trinajstić information content (AvgIpc) is 2.92. The summed E-state index contributed by atoms with van der Waals surface area (Å²) in [4.78, 5) is 22.4. The van der Waals surface area contributed by atoms with Gasteiger partial charge in [-0.3, -0.25) is 14.9 Å². The van der Waals surface area contributed by atoms with Crippen molar-refractivity contribution in [3.63, 3.8) is 0 Å². The van der Waals surface area contributed by atoms with E-state index in [1.54, 1.807) is 0 Å². The Labute approximate surface area is 113 Å². The Morgan fingerprint density at radius 1 is 1.45 bits per heavy atom. The highest BCUT2D eigenvalue weighted by Gasteiger charge is 2.17. The molecule has 2 N–H and O–H groups in total. The van der Waals surface area contributed by atoms with Crippen LogP contribution < -0.4 is 10.6 Å². The maximum absolute atomic E-state index is 11.9. The molecule has 0 aliphatic carbocycles. The molecule has 1 aromatic heterocycles. The quantitative estimate of drug-likeness (QED) is 0.640. The van der Waals surface area contributed by atoms with Crippen molar-refractivity contribution in [2.75, 3.05) is 17.2 Å². The molecule has 1 aromatic carbocycles. The monoisotopic (exact) mass is 276 g/mol. The molecule has 1 amide bonds. The molecular formula is C12H12N4O4. The van der Waals surface area contributed by atoms with Crippen molar-refractivity contribution in [3.8, 4) is 0 Å². The van der Waals surface area contributed by atoms with Crippen molar-refractivity contribution < 1.29 is 14.2 Å². The van der Waals surface area contributed by atoms with Gasteiger partial charge in [-0.15, -0.1) is 0 Å². The maximum atomic E-state index is 11.9. The lowest BCUT2D eigenvalue weighted by Crippen LogP contribution is -2.13. The van der Waals surface area contributed by atoms with Crippen LogP contribution in [-0.4, -0.2) is 22.5 Å². The van der Waals surface area contributed by atoms with Crippen molar-refractivity contribution in [1.29, 1.82) is 0 Å². The SMILES string of the molecule is CCNc1ccc(C(=O)Nc2ccon2)cc1[N+](=O)[O-]. The van der Waals surface area contributed by atoms with Gasteiger partial charge in [0.15, 0.2) is 5.82 Å². The zero-order valence-corrected chi connectivity index (χ0v) is 10.6. The minimum Gasteiger partial charge on any atom is -0.380 e. The number of anilines is 2. The van der Waals surface area contributed by atoms with Crippen molar-refractivity contribution in [1.82, 2.24) is 5.16 Å². The normalized spacial score (nSPS) is 10.1. The largest absolute Gasteiger partial charge is 0.380 e. The van der Waals surface area contributed by atoms with E-state index in [0.717, 1.165) is 0 Å². The smallest absolute Gasteiger partial charge is 0.293 e. The zero-order chi connectivity index (χ0) is 14.5. The van der Waals surface area contributed by atoms with Crippen LogP contribution in [0.1, 0.15) is 17.3 Å². The molecular weight excluding hydrogens is 264 g/mol. The summed E-state index contributed by atoms with van der Waals surface area (Å²) < 4.78 is 4.58. The van der Waals surface area contributed by atoms with Crippen molar-refractivity contribution in [3.05, 3.63) is 46.2 Å². The van der Waals surface area contributed by atoms with Crippen molar-refractivity contribution in [2.45, 2.75) is 6.92 Å². The highest BCUT2D eigenvalue weighted by molar-refractivity contribution is 6.04. The molecule has 8 nitrogen and oxygen atoms in total. The predicted octanol–water partition coefficient (Wildman–Crippen LogP) is 2.27. The van der Waals surface area contributed by atoms with Gasteiger partial charge in [0.25, 0.3) is 11.6 Å². The van der Waals surface area contributed by atoms with E-state index < -0.39 is 10.8 Å². The van der Waals surface area contributed by atoms with Crippen LogP contribution in [0.2, 0.25) is 0 Å². The molecule has 0 bridgehead atoms. The topological polar surface area (TPSA) is 110 Å². The molecule has 8 heteroatoms. The van der Waals surface area contributed by atoms with Crippen molar-refractivity contribution in [2.24, 2.45) is 0 Å². The van der Waals surface area contributed by atoms with Crippen LogP contribution >= 0.6 is 0 Å². The van der Waals surface area contributed by atoms with Crippen LogP contribution in [-0.2, 0) is 0 Å². The molecule has 0 aliphatic rings. The van der Waals surface area contributed by atoms with E-state index in [-0.39, 0.29) is 17.1 Å². The summed E-state index contributed by atoms with van der Waals surface area (Å²) in [5, 5.41) is 19.9. The number of hydrogen-bond donors (Lipinski definition) is 2. The lowest BCUT2D eigenvalue weighted by Gasteiger charge is -2.06. The molecule has 2 rings (SSSR count). The number of hydrogen-bond acceptors (Lipinski definition) is 6. The van der Waals surface area contributed by atoms with Crippen LogP contribution in [0.5, 0.6) is 0 Å². The van der Waals surface area contributed by atoms with Gasteiger partial charge in [-0.1, -0.05) is 5.16 Å². The van der Waals surface area contributed by atoms with Crippen LogP contribution in [0.3, 0.4) is 0 Å². The molecule has 104 valence electrons. The first kappa shape index (κ1) is 13.5. The fraction of sp³-hybridized carbons (Fsp3) is 0.167. The van der Waals surface area contributed by atoms with E-state index >= 15 is 0 Å². The number of amides is 1. The van der Waals surface area contributed by atoms with Gasteiger partial charge in [0, 0.05) is 24.2 Å². The molecule has 0 saturated heterocycles. The maximum Gasteiger partial charge on any atom is 0.293 e. The molecule has 1 heterocycles. The van der Waals surface area contributed by atoms with Gasteiger partial charge in [-0.2, -0.15) is 0 Å². The first-order valence-electron chi connectivity index (χ1n) is 5.86. The molecule has 2 aromatic rings. The minimum absolute atomic E-state index is 0.153. The number of nitrogens with zero attached hydrogens (tertiary/aromatic N) is 2. The van der Waals surface area contributed by atoms with Crippen LogP contribution in [0.15, 0.2) is 35.1 Å².